The Labute approximate surface area is 144 Å². The molecule has 130 valence electrons. The van der Waals surface area contributed by atoms with Crippen LogP contribution in [0.1, 0.15) is 35.9 Å². The largest absolute Gasteiger partial charge is 0.423 e. The number of hydrogen-bond acceptors (Lipinski definition) is 5. The minimum Gasteiger partial charge on any atom is -0.423 e. The summed E-state index contributed by atoms with van der Waals surface area (Å²) in [6.07, 6.45) is 2.13. The molecule has 5 nitrogen and oxygen atoms in total. The van der Waals surface area contributed by atoms with Crippen LogP contribution in [0, 0.1) is 23.0 Å². The minimum atomic E-state index is -0.816. The SMILES string of the molecule is N#Cc1nc(C2CC2)oc1N1CCN(Cc2cccc(F)c2F)CC1. The number of aromatic nitrogens is 1. The number of nitrogens with zero attached hydrogens (tertiary/aromatic N) is 4. The molecule has 1 aromatic carbocycles. The molecule has 1 aromatic heterocycles. The Balaban J connectivity index is 1.42. The fourth-order valence-electron chi connectivity index (χ4n) is 3.14. The van der Waals surface area contributed by atoms with E-state index in [0.717, 1.165) is 18.9 Å². The first-order valence-corrected chi connectivity index (χ1v) is 8.46. The highest BCUT2D eigenvalue weighted by molar-refractivity contribution is 5.48. The van der Waals surface area contributed by atoms with Gasteiger partial charge in [0.2, 0.25) is 17.5 Å². The summed E-state index contributed by atoms with van der Waals surface area (Å²) in [4.78, 5) is 8.38. The Hall–Kier alpha value is -2.46. The molecular weight excluding hydrogens is 326 g/mol. The number of rotatable bonds is 4. The van der Waals surface area contributed by atoms with Gasteiger partial charge in [-0.2, -0.15) is 5.26 Å². The molecule has 0 atom stereocenters. The van der Waals surface area contributed by atoms with Gasteiger partial charge in [-0.15, -0.1) is 0 Å². The fourth-order valence-corrected chi connectivity index (χ4v) is 3.14. The predicted molar refractivity (Wildman–Crippen MR) is 87.0 cm³/mol. The monoisotopic (exact) mass is 344 g/mol. The number of nitriles is 1. The topological polar surface area (TPSA) is 56.3 Å². The molecule has 0 unspecified atom stereocenters. The molecule has 1 aliphatic heterocycles. The Morgan fingerprint density at radius 1 is 1.20 bits per heavy atom. The molecule has 7 heteroatoms. The lowest BCUT2D eigenvalue weighted by Gasteiger charge is -2.34. The van der Waals surface area contributed by atoms with Crippen LogP contribution in [0.3, 0.4) is 0 Å². The normalized spacial score (nSPS) is 18.4. The zero-order valence-electron chi connectivity index (χ0n) is 13.7. The van der Waals surface area contributed by atoms with Crippen molar-refractivity contribution in [2.75, 3.05) is 31.1 Å². The summed E-state index contributed by atoms with van der Waals surface area (Å²) < 4.78 is 33.0. The lowest BCUT2D eigenvalue weighted by atomic mass is 10.1. The highest BCUT2D eigenvalue weighted by atomic mass is 19.2. The van der Waals surface area contributed by atoms with Gasteiger partial charge in [-0.3, -0.25) is 4.90 Å². The third kappa shape index (κ3) is 3.22. The van der Waals surface area contributed by atoms with Gasteiger partial charge in [-0.1, -0.05) is 12.1 Å². The molecule has 0 N–H and O–H groups in total. The van der Waals surface area contributed by atoms with E-state index in [1.54, 1.807) is 6.07 Å². The molecule has 2 fully saturated rings. The van der Waals surface area contributed by atoms with Gasteiger partial charge in [-0.05, 0) is 18.9 Å². The van der Waals surface area contributed by atoms with Crippen molar-refractivity contribution in [2.24, 2.45) is 0 Å². The zero-order chi connectivity index (χ0) is 17.4. The third-order valence-electron chi connectivity index (χ3n) is 4.74. The van der Waals surface area contributed by atoms with Crippen molar-refractivity contribution in [1.82, 2.24) is 9.88 Å². The van der Waals surface area contributed by atoms with Gasteiger partial charge in [0.25, 0.3) is 0 Å². The molecule has 1 saturated carbocycles. The molecule has 2 aliphatic rings. The molecule has 0 bridgehead atoms. The number of oxazole rings is 1. The average molecular weight is 344 g/mol. The van der Waals surface area contributed by atoms with Crippen LogP contribution in [-0.2, 0) is 6.54 Å². The molecule has 0 spiro atoms. The molecular formula is C18H18F2N4O. The van der Waals surface area contributed by atoms with Gasteiger partial charge in [0, 0.05) is 44.2 Å². The van der Waals surface area contributed by atoms with E-state index in [-0.39, 0.29) is 0 Å². The van der Waals surface area contributed by atoms with Crippen molar-refractivity contribution in [3.63, 3.8) is 0 Å². The molecule has 2 aromatic rings. The Morgan fingerprint density at radius 2 is 1.96 bits per heavy atom. The van der Waals surface area contributed by atoms with E-state index in [1.165, 1.54) is 6.07 Å². The quantitative estimate of drug-likeness (QED) is 0.853. The summed E-state index contributed by atoms with van der Waals surface area (Å²) in [7, 11) is 0. The van der Waals surface area contributed by atoms with Crippen molar-refractivity contribution in [1.29, 1.82) is 5.26 Å². The van der Waals surface area contributed by atoms with Crippen LogP contribution in [0.5, 0.6) is 0 Å². The lowest BCUT2D eigenvalue weighted by Crippen LogP contribution is -2.46. The molecule has 1 aliphatic carbocycles. The summed E-state index contributed by atoms with van der Waals surface area (Å²) >= 11 is 0. The van der Waals surface area contributed by atoms with E-state index in [4.69, 9.17) is 4.42 Å². The highest BCUT2D eigenvalue weighted by Crippen LogP contribution is 2.41. The molecule has 0 radical (unpaired) electrons. The van der Waals surface area contributed by atoms with Crippen LogP contribution < -0.4 is 4.90 Å². The van der Waals surface area contributed by atoms with Gasteiger partial charge >= 0.3 is 0 Å². The lowest BCUT2D eigenvalue weighted by molar-refractivity contribution is 0.241. The third-order valence-corrected chi connectivity index (χ3v) is 4.74. The van der Waals surface area contributed by atoms with Crippen LogP contribution >= 0.6 is 0 Å². The summed E-state index contributed by atoms with van der Waals surface area (Å²) in [5, 5.41) is 9.28. The van der Waals surface area contributed by atoms with Gasteiger partial charge < -0.3 is 9.32 Å². The first-order valence-electron chi connectivity index (χ1n) is 8.46. The number of benzene rings is 1. The van der Waals surface area contributed by atoms with Gasteiger partial charge in [-0.25, -0.2) is 13.8 Å². The maximum absolute atomic E-state index is 13.8. The standard InChI is InChI=1S/C18H18F2N4O/c19-14-3-1-2-13(16(14)20)11-23-6-8-24(9-7-23)18-15(10-21)22-17(25-18)12-4-5-12/h1-3,12H,4-9,11H2. The van der Waals surface area contributed by atoms with Crippen molar-refractivity contribution in [2.45, 2.75) is 25.3 Å². The zero-order valence-corrected chi connectivity index (χ0v) is 13.7. The number of piperazine rings is 1. The van der Waals surface area contributed by atoms with Crippen LogP contribution in [0.4, 0.5) is 14.7 Å². The molecule has 4 rings (SSSR count). The summed E-state index contributed by atoms with van der Waals surface area (Å²) in [5.74, 6) is -0.0278. The van der Waals surface area contributed by atoms with Crippen molar-refractivity contribution < 1.29 is 13.2 Å². The Kier molecular flexibility index (Phi) is 4.14. The summed E-state index contributed by atoms with van der Waals surface area (Å²) in [5.41, 5.74) is 0.702. The van der Waals surface area contributed by atoms with E-state index < -0.39 is 11.6 Å². The van der Waals surface area contributed by atoms with Crippen molar-refractivity contribution >= 4 is 5.88 Å². The second kappa shape index (κ2) is 6.45. The van der Waals surface area contributed by atoms with Crippen molar-refractivity contribution in [3.8, 4) is 6.07 Å². The smallest absolute Gasteiger partial charge is 0.234 e. The van der Waals surface area contributed by atoms with Gasteiger partial charge in [0.05, 0.1) is 0 Å². The van der Waals surface area contributed by atoms with E-state index >= 15 is 0 Å². The van der Waals surface area contributed by atoms with Gasteiger partial charge in [0.15, 0.2) is 11.6 Å². The minimum absolute atomic E-state index is 0.339. The average Bonchev–Trinajstić information content (AvgIpc) is 3.39. The van der Waals surface area contributed by atoms with Crippen LogP contribution in [0.25, 0.3) is 0 Å². The predicted octanol–water partition coefficient (Wildman–Crippen LogP) is 3.02. The van der Waals surface area contributed by atoms with Crippen LogP contribution in [0.2, 0.25) is 0 Å². The van der Waals surface area contributed by atoms with Crippen molar-refractivity contribution in [3.05, 3.63) is 47.0 Å². The molecule has 0 amide bonds. The van der Waals surface area contributed by atoms with E-state index in [2.05, 4.69) is 16.0 Å². The number of hydrogen-bond donors (Lipinski definition) is 0. The first-order chi connectivity index (χ1) is 12.2. The number of anilines is 1. The second-order valence-electron chi connectivity index (χ2n) is 6.57. The Morgan fingerprint density at radius 3 is 2.64 bits per heavy atom. The summed E-state index contributed by atoms with van der Waals surface area (Å²) in [6.45, 7) is 3.04. The van der Waals surface area contributed by atoms with E-state index in [1.807, 2.05) is 4.90 Å². The number of halogens is 2. The van der Waals surface area contributed by atoms with E-state index in [0.29, 0.717) is 61.7 Å². The molecule has 25 heavy (non-hydrogen) atoms. The molecule has 2 heterocycles. The summed E-state index contributed by atoms with van der Waals surface area (Å²) in [6, 6.07) is 6.37. The van der Waals surface area contributed by atoms with E-state index in [9.17, 15) is 14.0 Å². The van der Waals surface area contributed by atoms with Crippen LogP contribution in [-0.4, -0.2) is 36.1 Å². The van der Waals surface area contributed by atoms with Gasteiger partial charge in [0.1, 0.15) is 6.07 Å². The maximum Gasteiger partial charge on any atom is 0.234 e. The fraction of sp³-hybridized carbons (Fsp3) is 0.444. The second-order valence-corrected chi connectivity index (χ2v) is 6.57. The Bertz CT molecular complexity index is 817. The van der Waals surface area contributed by atoms with Crippen LogP contribution in [0.15, 0.2) is 22.6 Å². The molecule has 1 saturated heterocycles. The highest BCUT2D eigenvalue weighted by Gasteiger charge is 2.32. The first kappa shape index (κ1) is 16.0. The maximum atomic E-state index is 13.8.